The van der Waals surface area contributed by atoms with Gasteiger partial charge in [0.2, 0.25) is 0 Å². The van der Waals surface area contributed by atoms with E-state index in [4.69, 9.17) is 5.73 Å². The van der Waals surface area contributed by atoms with Crippen LogP contribution in [0, 0.1) is 0 Å². The number of anilines is 1. The van der Waals surface area contributed by atoms with E-state index in [0.29, 0.717) is 5.69 Å². The molecule has 0 atom stereocenters. The Morgan fingerprint density at radius 1 is 1.17 bits per heavy atom. The van der Waals surface area contributed by atoms with Crippen LogP contribution in [0.3, 0.4) is 0 Å². The number of rotatable bonds is 4. The van der Waals surface area contributed by atoms with Crippen molar-refractivity contribution in [3.8, 4) is 22.6 Å². The third-order valence-electron chi connectivity index (χ3n) is 3.53. The van der Waals surface area contributed by atoms with Gasteiger partial charge in [-0.2, -0.15) is 5.10 Å². The van der Waals surface area contributed by atoms with Crippen LogP contribution in [-0.4, -0.2) is 27.8 Å². The third kappa shape index (κ3) is 2.87. The Balaban J connectivity index is 1.95. The first-order valence-electron chi connectivity index (χ1n) is 7.05. The maximum atomic E-state index is 11.4. The number of aromatic hydroxyl groups is 1. The van der Waals surface area contributed by atoms with Crippen LogP contribution < -0.4 is 11.1 Å². The molecule has 4 N–H and O–H groups in total. The Bertz CT molecular complexity index is 853. The number of amides is 1. The van der Waals surface area contributed by atoms with Crippen LogP contribution in [0.25, 0.3) is 16.8 Å². The van der Waals surface area contributed by atoms with Crippen molar-refractivity contribution in [1.82, 2.24) is 9.78 Å². The van der Waals surface area contributed by atoms with Crippen molar-refractivity contribution in [2.75, 3.05) is 12.4 Å². The van der Waals surface area contributed by atoms with Crippen LogP contribution >= 0.6 is 0 Å². The quantitative estimate of drug-likeness (QED) is 0.690. The summed E-state index contributed by atoms with van der Waals surface area (Å²) in [7, 11) is 1.71. The molecule has 6 heteroatoms. The van der Waals surface area contributed by atoms with Gasteiger partial charge in [-0.1, -0.05) is 24.3 Å². The van der Waals surface area contributed by atoms with Crippen LogP contribution in [-0.2, 0) is 0 Å². The number of nitrogens with two attached hydrogens (primary N) is 1. The van der Waals surface area contributed by atoms with Crippen LogP contribution in [0.15, 0.2) is 54.7 Å². The molecule has 2 aromatic carbocycles. The number of carbonyl (C=O) groups excluding carboxylic acids is 1. The fourth-order valence-electron chi connectivity index (χ4n) is 2.36. The maximum Gasteiger partial charge on any atom is 0.271 e. The van der Waals surface area contributed by atoms with Gasteiger partial charge in [-0.05, 0) is 35.4 Å². The predicted molar refractivity (Wildman–Crippen MR) is 88.7 cm³/mol. The highest BCUT2D eigenvalue weighted by Gasteiger charge is 2.13. The van der Waals surface area contributed by atoms with Crippen LogP contribution in [0.5, 0.6) is 5.75 Å². The first-order chi connectivity index (χ1) is 11.1. The zero-order valence-electron chi connectivity index (χ0n) is 12.5. The standard InChI is InChI=1S/C17H16N4O2/c1-19-15-10-21(20-16(15)17(18)23)13-7-5-11(6-8-13)12-3-2-4-14(22)9-12/h2-10,19,22H,1H3,(H2,18,23). The molecule has 1 aromatic heterocycles. The number of nitrogens with one attached hydrogen (secondary N) is 1. The summed E-state index contributed by atoms with van der Waals surface area (Å²) < 4.78 is 1.60. The highest BCUT2D eigenvalue weighted by atomic mass is 16.3. The van der Waals surface area contributed by atoms with Gasteiger partial charge in [-0.3, -0.25) is 4.79 Å². The summed E-state index contributed by atoms with van der Waals surface area (Å²) >= 11 is 0. The van der Waals surface area contributed by atoms with Crippen LogP contribution in [0.2, 0.25) is 0 Å². The molecule has 0 unspecified atom stereocenters. The Kier molecular flexibility index (Phi) is 3.72. The molecule has 0 radical (unpaired) electrons. The second kappa shape index (κ2) is 5.84. The van der Waals surface area contributed by atoms with Gasteiger partial charge in [0.25, 0.3) is 5.91 Å². The van der Waals surface area contributed by atoms with Gasteiger partial charge in [0.05, 0.1) is 17.6 Å². The SMILES string of the molecule is CNc1cn(-c2ccc(-c3cccc(O)c3)cc2)nc1C(N)=O. The zero-order chi connectivity index (χ0) is 16.4. The lowest BCUT2D eigenvalue weighted by Crippen LogP contribution is -2.14. The molecule has 0 fully saturated rings. The van der Waals surface area contributed by atoms with E-state index in [1.807, 2.05) is 30.3 Å². The molecule has 3 rings (SSSR count). The highest BCUT2D eigenvalue weighted by molar-refractivity contribution is 5.96. The number of nitrogens with zero attached hydrogens (tertiary/aromatic N) is 2. The van der Waals surface area contributed by atoms with Crippen molar-refractivity contribution in [3.05, 3.63) is 60.4 Å². The van der Waals surface area contributed by atoms with E-state index in [-0.39, 0.29) is 11.4 Å². The van der Waals surface area contributed by atoms with Crippen molar-refractivity contribution in [2.45, 2.75) is 0 Å². The van der Waals surface area contributed by atoms with E-state index >= 15 is 0 Å². The predicted octanol–water partition coefficient (Wildman–Crippen LogP) is 2.39. The minimum atomic E-state index is -0.579. The Hall–Kier alpha value is -3.28. The number of hydrogen-bond donors (Lipinski definition) is 3. The zero-order valence-corrected chi connectivity index (χ0v) is 12.5. The first-order valence-corrected chi connectivity index (χ1v) is 7.05. The fourth-order valence-corrected chi connectivity index (χ4v) is 2.36. The maximum absolute atomic E-state index is 11.4. The number of carbonyl (C=O) groups is 1. The molecular weight excluding hydrogens is 292 g/mol. The van der Waals surface area contributed by atoms with Gasteiger partial charge in [0.1, 0.15) is 5.75 Å². The van der Waals surface area contributed by atoms with Crippen LogP contribution in [0.4, 0.5) is 5.69 Å². The van der Waals surface area contributed by atoms with Gasteiger partial charge in [0, 0.05) is 7.05 Å². The minimum Gasteiger partial charge on any atom is -0.508 e. The number of phenolic OH excluding ortho intramolecular Hbond substituents is 1. The van der Waals surface area contributed by atoms with Crippen molar-refractivity contribution in [2.24, 2.45) is 5.73 Å². The lowest BCUT2D eigenvalue weighted by molar-refractivity contribution is 0.0996. The van der Waals surface area contributed by atoms with E-state index < -0.39 is 5.91 Å². The number of hydrogen-bond acceptors (Lipinski definition) is 4. The van der Waals surface area contributed by atoms with Gasteiger partial charge < -0.3 is 16.2 Å². The third-order valence-corrected chi connectivity index (χ3v) is 3.53. The molecule has 0 spiro atoms. The Morgan fingerprint density at radius 3 is 2.48 bits per heavy atom. The Labute approximate surface area is 133 Å². The van der Waals surface area contributed by atoms with Crippen LogP contribution in [0.1, 0.15) is 10.5 Å². The van der Waals surface area contributed by atoms with Gasteiger partial charge in [-0.25, -0.2) is 4.68 Å². The smallest absolute Gasteiger partial charge is 0.271 e. The summed E-state index contributed by atoms with van der Waals surface area (Å²) in [6, 6.07) is 14.7. The van der Waals surface area contributed by atoms with Gasteiger partial charge >= 0.3 is 0 Å². The van der Waals surface area contributed by atoms with E-state index in [1.165, 1.54) is 0 Å². The monoisotopic (exact) mass is 308 g/mol. The summed E-state index contributed by atoms with van der Waals surface area (Å²) in [4.78, 5) is 11.4. The summed E-state index contributed by atoms with van der Waals surface area (Å²) in [5.41, 5.74) is 8.79. The number of aromatic nitrogens is 2. The van der Waals surface area contributed by atoms with E-state index in [0.717, 1.165) is 16.8 Å². The van der Waals surface area contributed by atoms with E-state index in [1.54, 1.807) is 36.1 Å². The first kappa shape index (κ1) is 14.6. The molecule has 0 saturated carbocycles. The molecule has 0 saturated heterocycles. The summed E-state index contributed by atoms with van der Waals surface area (Å²) in [6.45, 7) is 0. The average molecular weight is 308 g/mol. The van der Waals surface area contributed by atoms with Crippen molar-refractivity contribution in [3.63, 3.8) is 0 Å². The summed E-state index contributed by atoms with van der Waals surface area (Å²) in [5.74, 6) is -0.354. The molecule has 0 bridgehead atoms. The number of benzene rings is 2. The van der Waals surface area contributed by atoms with Gasteiger partial charge in [-0.15, -0.1) is 0 Å². The molecule has 3 aromatic rings. The summed E-state index contributed by atoms with van der Waals surface area (Å²) in [5, 5.41) is 16.7. The van der Waals surface area contributed by atoms with Gasteiger partial charge in [0.15, 0.2) is 5.69 Å². The molecule has 0 aliphatic rings. The second-order valence-corrected chi connectivity index (χ2v) is 5.05. The lowest BCUT2D eigenvalue weighted by atomic mass is 10.1. The summed E-state index contributed by atoms with van der Waals surface area (Å²) in [6.07, 6.45) is 1.71. The molecule has 1 amide bonds. The largest absolute Gasteiger partial charge is 0.508 e. The minimum absolute atomic E-state index is 0.199. The molecule has 116 valence electrons. The highest BCUT2D eigenvalue weighted by Crippen LogP contribution is 2.24. The van der Waals surface area contributed by atoms with E-state index in [9.17, 15) is 9.90 Å². The molecular formula is C17H16N4O2. The van der Waals surface area contributed by atoms with Crippen molar-refractivity contribution in [1.29, 1.82) is 0 Å². The Morgan fingerprint density at radius 2 is 1.91 bits per heavy atom. The molecule has 1 heterocycles. The second-order valence-electron chi connectivity index (χ2n) is 5.05. The topological polar surface area (TPSA) is 93.2 Å². The lowest BCUT2D eigenvalue weighted by Gasteiger charge is -2.05. The number of phenols is 1. The van der Waals surface area contributed by atoms with E-state index in [2.05, 4.69) is 10.4 Å². The average Bonchev–Trinajstić information content (AvgIpc) is 3.00. The molecule has 0 aliphatic carbocycles. The number of primary amides is 1. The molecule has 6 nitrogen and oxygen atoms in total. The van der Waals surface area contributed by atoms with Crippen molar-refractivity contribution < 1.29 is 9.90 Å². The molecule has 23 heavy (non-hydrogen) atoms. The fraction of sp³-hybridized carbons (Fsp3) is 0.0588. The molecule has 0 aliphatic heterocycles. The normalized spacial score (nSPS) is 10.5. The van der Waals surface area contributed by atoms with Crippen molar-refractivity contribution >= 4 is 11.6 Å².